The van der Waals surface area contributed by atoms with Crippen molar-refractivity contribution >= 4 is 29.3 Å². The Hall–Kier alpha value is -2.30. The number of aliphatic carboxylic acids is 1. The Bertz CT molecular complexity index is 812. The number of thioether (sulfide) groups is 1. The second kappa shape index (κ2) is 6.64. The predicted octanol–water partition coefficient (Wildman–Crippen LogP) is 1.19. The fraction of sp³-hybridized carbons (Fsp3) is 0.143. The third kappa shape index (κ3) is 3.47. The lowest BCUT2D eigenvalue weighted by molar-refractivity contribution is -0.304. The number of carboxylic acids is 1. The van der Waals surface area contributed by atoms with E-state index in [-0.39, 0.29) is 16.4 Å². The minimum atomic E-state index is -1.27. The van der Waals surface area contributed by atoms with Crippen molar-refractivity contribution in [3.8, 4) is 17.3 Å². The van der Waals surface area contributed by atoms with Crippen molar-refractivity contribution < 1.29 is 9.90 Å². The average molecular weight is 335 g/mol. The number of H-pyrrole nitrogens is 1. The summed E-state index contributed by atoms with van der Waals surface area (Å²) in [4.78, 5) is 29.3. The van der Waals surface area contributed by atoms with E-state index in [2.05, 4.69) is 9.97 Å². The molecule has 0 amide bonds. The van der Waals surface area contributed by atoms with Crippen molar-refractivity contribution in [2.24, 2.45) is 0 Å². The predicted molar refractivity (Wildman–Crippen MR) is 80.3 cm³/mol. The molecule has 0 saturated heterocycles. The Morgan fingerprint density at radius 3 is 2.64 bits per heavy atom. The number of nitriles is 1. The lowest BCUT2D eigenvalue weighted by Crippen LogP contribution is -2.31. The third-order valence-electron chi connectivity index (χ3n) is 2.75. The first-order valence-corrected chi connectivity index (χ1v) is 7.36. The maximum absolute atomic E-state index is 12.0. The van der Waals surface area contributed by atoms with Crippen LogP contribution in [-0.4, -0.2) is 21.2 Å². The van der Waals surface area contributed by atoms with E-state index in [4.69, 9.17) is 16.9 Å². The van der Waals surface area contributed by atoms with Crippen molar-refractivity contribution in [3.63, 3.8) is 0 Å². The molecule has 112 valence electrons. The summed E-state index contributed by atoms with van der Waals surface area (Å²) in [5, 5.41) is 19.6. The number of rotatable bonds is 4. The Morgan fingerprint density at radius 2 is 2.09 bits per heavy atom. The van der Waals surface area contributed by atoms with Gasteiger partial charge in [-0.3, -0.25) is 4.79 Å². The van der Waals surface area contributed by atoms with Crippen molar-refractivity contribution in [1.29, 1.82) is 5.26 Å². The third-order valence-corrected chi connectivity index (χ3v) is 3.96. The molecule has 1 heterocycles. The highest BCUT2D eigenvalue weighted by molar-refractivity contribution is 8.00. The number of hydrogen-bond acceptors (Lipinski definition) is 6. The summed E-state index contributed by atoms with van der Waals surface area (Å²) >= 11 is 6.64. The molecule has 0 aliphatic rings. The Labute approximate surface area is 134 Å². The normalized spacial score (nSPS) is 11.7. The van der Waals surface area contributed by atoms with Gasteiger partial charge in [0.25, 0.3) is 5.56 Å². The zero-order valence-corrected chi connectivity index (χ0v) is 12.9. The fourth-order valence-electron chi connectivity index (χ4n) is 1.64. The Morgan fingerprint density at radius 1 is 1.45 bits per heavy atom. The van der Waals surface area contributed by atoms with E-state index in [0.717, 1.165) is 11.8 Å². The van der Waals surface area contributed by atoms with E-state index < -0.39 is 16.8 Å². The Balaban J connectivity index is 2.54. The van der Waals surface area contributed by atoms with E-state index in [1.165, 1.54) is 6.92 Å². The summed E-state index contributed by atoms with van der Waals surface area (Å²) in [7, 11) is 0. The number of aromatic nitrogens is 2. The molecule has 1 N–H and O–H groups in total. The van der Waals surface area contributed by atoms with Crippen LogP contribution in [0.1, 0.15) is 12.5 Å². The molecule has 2 aromatic rings. The second-order valence-corrected chi connectivity index (χ2v) is 6.06. The Kier molecular flexibility index (Phi) is 4.85. The van der Waals surface area contributed by atoms with Gasteiger partial charge in [0.2, 0.25) is 0 Å². The lowest BCUT2D eigenvalue weighted by Gasteiger charge is -2.12. The van der Waals surface area contributed by atoms with Crippen LogP contribution in [0, 0.1) is 11.3 Å². The number of carboxylic acid groups (broad SMARTS) is 1. The number of nitrogens with one attached hydrogen (secondary N) is 1. The van der Waals surface area contributed by atoms with Crippen LogP contribution in [0.25, 0.3) is 11.3 Å². The van der Waals surface area contributed by atoms with Crippen LogP contribution >= 0.6 is 23.4 Å². The van der Waals surface area contributed by atoms with E-state index >= 15 is 0 Å². The molecule has 0 unspecified atom stereocenters. The van der Waals surface area contributed by atoms with Crippen LogP contribution in [0.3, 0.4) is 0 Å². The van der Waals surface area contributed by atoms with E-state index in [1.54, 1.807) is 30.3 Å². The largest absolute Gasteiger partial charge is 0.549 e. The second-order valence-electron chi connectivity index (χ2n) is 4.29. The number of aromatic amines is 1. The van der Waals surface area contributed by atoms with Crippen molar-refractivity contribution in [2.75, 3.05) is 0 Å². The van der Waals surface area contributed by atoms with Crippen LogP contribution in [0.15, 0.2) is 34.2 Å². The van der Waals surface area contributed by atoms with Crippen molar-refractivity contribution in [3.05, 3.63) is 45.2 Å². The molecule has 0 aliphatic heterocycles. The summed E-state index contributed by atoms with van der Waals surface area (Å²) in [6.07, 6.45) is 0. The van der Waals surface area contributed by atoms with Gasteiger partial charge in [0, 0.05) is 15.8 Å². The molecule has 0 spiro atoms. The van der Waals surface area contributed by atoms with Gasteiger partial charge < -0.3 is 14.9 Å². The molecule has 2 rings (SSSR count). The number of carbonyl (C=O) groups excluding carboxylic acids is 1. The fourth-order valence-corrected chi connectivity index (χ4v) is 2.50. The first-order chi connectivity index (χ1) is 10.4. The van der Waals surface area contributed by atoms with Crippen LogP contribution in [0.4, 0.5) is 0 Å². The SMILES string of the molecule is C[C@@H](Sc1nc(-c2ccc(Cl)cc2)c(C#N)c(=O)[nH]1)C(=O)[O-]. The quantitative estimate of drug-likeness (QED) is 0.664. The molecule has 0 radical (unpaired) electrons. The van der Waals surface area contributed by atoms with Gasteiger partial charge in [0.1, 0.15) is 11.6 Å². The summed E-state index contributed by atoms with van der Waals surface area (Å²) in [5.74, 6) is -1.27. The first-order valence-electron chi connectivity index (χ1n) is 6.10. The van der Waals surface area contributed by atoms with Crippen LogP contribution in [0.2, 0.25) is 5.02 Å². The van der Waals surface area contributed by atoms with Crippen LogP contribution < -0.4 is 10.7 Å². The van der Waals surface area contributed by atoms with E-state index in [0.29, 0.717) is 10.6 Å². The zero-order valence-electron chi connectivity index (χ0n) is 11.3. The van der Waals surface area contributed by atoms with E-state index in [9.17, 15) is 14.7 Å². The minimum Gasteiger partial charge on any atom is -0.549 e. The summed E-state index contributed by atoms with van der Waals surface area (Å²) in [6.45, 7) is 1.42. The maximum Gasteiger partial charge on any atom is 0.270 e. The van der Waals surface area contributed by atoms with Gasteiger partial charge >= 0.3 is 0 Å². The molecular weight excluding hydrogens is 326 g/mol. The molecule has 22 heavy (non-hydrogen) atoms. The van der Waals surface area contributed by atoms with Crippen LogP contribution in [0.5, 0.6) is 0 Å². The summed E-state index contributed by atoms with van der Waals surface area (Å²) in [5.41, 5.74) is -0.0609. The molecule has 0 saturated carbocycles. The number of hydrogen-bond donors (Lipinski definition) is 1. The average Bonchev–Trinajstić information content (AvgIpc) is 2.47. The lowest BCUT2D eigenvalue weighted by atomic mass is 10.1. The van der Waals surface area contributed by atoms with Crippen molar-refractivity contribution in [2.45, 2.75) is 17.3 Å². The number of nitrogens with zero attached hydrogens (tertiary/aromatic N) is 2. The molecule has 0 bridgehead atoms. The van der Waals surface area contributed by atoms with Gasteiger partial charge in [-0.2, -0.15) is 5.26 Å². The first kappa shape index (κ1) is 16.1. The number of carbonyl (C=O) groups is 1. The number of halogens is 1. The molecule has 1 atom stereocenters. The topological polar surface area (TPSA) is 110 Å². The summed E-state index contributed by atoms with van der Waals surface area (Å²) in [6, 6.07) is 8.27. The van der Waals surface area contributed by atoms with E-state index in [1.807, 2.05) is 0 Å². The smallest absolute Gasteiger partial charge is 0.270 e. The van der Waals surface area contributed by atoms with Gasteiger partial charge in [-0.1, -0.05) is 35.5 Å². The van der Waals surface area contributed by atoms with Gasteiger partial charge in [-0.25, -0.2) is 4.98 Å². The molecule has 8 heteroatoms. The highest BCUT2D eigenvalue weighted by Crippen LogP contribution is 2.25. The van der Waals surface area contributed by atoms with Gasteiger partial charge in [-0.05, 0) is 19.1 Å². The maximum atomic E-state index is 12.0. The molecule has 0 fully saturated rings. The zero-order chi connectivity index (χ0) is 16.3. The number of benzene rings is 1. The highest BCUT2D eigenvalue weighted by atomic mass is 35.5. The minimum absolute atomic E-state index is 0.102. The molecule has 6 nitrogen and oxygen atoms in total. The molecule has 0 aliphatic carbocycles. The summed E-state index contributed by atoms with van der Waals surface area (Å²) < 4.78 is 0. The van der Waals surface area contributed by atoms with Gasteiger partial charge in [0.05, 0.1) is 11.7 Å². The van der Waals surface area contributed by atoms with Crippen LogP contribution in [-0.2, 0) is 4.79 Å². The van der Waals surface area contributed by atoms with Crippen molar-refractivity contribution in [1.82, 2.24) is 9.97 Å². The molecular formula is C14H9ClN3O3S-. The monoisotopic (exact) mass is 334 g/mol. The standard InChI is InChI=1S/C14H10ClN3O3S/c1-7(13(20)21)22-14-17-11(10(6-16)12(19)18-14)8-2-4-9(15)5-3-8/h2-5,7H,1H3,(H,20,21)(H,17,18,19)/p-1/t7-/m1/s1. The van der Waals surface area contributed by atoms with Gasteiger partial charge in [-0.15, -0.1) is 0 Å². The highest BCUT2D eigenvalue weighted by Gasteiger charge is 2.15. The molecule has 1 aromatic carbocycles. The van der Waals surface area contributed by atoms with Gasteiger partial charge in [0.15, 0.2) is 5.16 Å². The molecule has 1 aromatic heterocycles.